The standard InChI is InChI=1S/C18H33N3O.ClH/c1-15-4-3-9-21(12-15)17(22)16-5-10-20(11-6-16)14-18(2)7-8-19-13-18;/h15-16,19H,3-14H2,1-2H3;1H. The minimum absolute atomic E-state index is 0. The Labute approximate surface area is 147 Å². The molecule has 4 nitrogen and oxygen atoms in total. The average molecular weight is 344 g/mol. The summed E-state index contributed by atoms with van der Waals surface area (Å²) in [5.41, 5.74) is 0.444. The Hall–Kier alpha value is -0.320. The first-order chi connectivity index (χ1) is 10.6. The molecule has 0 aliphatic carbocycles. The molecule has 3 rings (SSSR count). The molecule has 3 heterocycles. The second-order valence-electron chi connectivity index (χ2n) is 8.32. The normalized spacial score (nSPS) is 33.5. The molecule has 23 heavy (non-hydrogen) atoms. The molecule has 0 radical (unpaired) electrons. The number of amides is 1. The topological polar surface area (TPSA) is 35.6 Å². The van der Waals surface area contributed by atoms with Gasteiger partial charge in [-0.3, -0.25) is 4.79 Å². The van der Waals surface area contributed by atoms with Gasteiger partial charge in [0.2, 0.25) is 5.91 Å². The molecular formula is C18H34ClN3O. The van der Waals surface area contributed by atoms with E-state index in [-0.39, 0.29) is 18.3 Å². The maximum Gasteiger partial charge on any atom is 0.225 e. The van der Waals surface area contributed by atoms with Crippen LogP contribution in [-0.2, 0) is 4.79 Å². The summed E-state index contributed by atoms with van der Waals surface area (Å²) in [7, 11) is 0. The van der Waals surface area contributed by atoms with Gasteiger partial charge in [0.25, 0.3) is 0 Å². The van der Waals surface area contributed by atoms with E-state index in [9.17, 15) is 4.79 Å². The number of piperidine rings is 2. The maximum absolute atomic E-state index is 12.7. The minimum Gasteiger partial charge on any atom is -0.342 e. The van der Waals surface area contributed by atoms with Crippen molar-refractivity contribution in [1.82, 2.24) is 15.1 Å². The number of hydrogen-bond donors (Lipinski definition) is 1. The fourth-order valence-electron chi connectivity index (χ4n) is 4.53. The second-order valence-corrected chi connectivity index (χ2v) is 8.32. The molecule has 0 saturated carbocycles. The Bertz CT molecular complexity index is 390. The fraction of sp³-hybridized carbons (Fsp3) is 0.944. The van der Waals surface area contributed by atoms with Crippen molar-refractivity contribution in [2.75, 3.05) is 45.8 Å². The van der Waals surface area contributed by atoms with Crippen molar-refractivity contribution in [1.29, 1.82) is 0 Å². The number of nitrogens with zero attached hydrogens (tertiary/aromatic N) is 2. The molecule has 1 N–H and O–H groups in total. The summed E-state index contributed by atoms with van der Waals surface area (Å²) in [4.78, 5) is 17.5. The molecule has 0 aromatic heterocycles. The van der Waals surface area contributed by atoms with Crippen LogP contribution in [0.25, 0.3) is 0 Å². The number of carbonyl (C=O) groups excluding carboxylic acids is 1. The number of nitrogens with one attached hydrogen (secondary N) is 1. The van der Waals surface area contributed by atoms with Crippen molar-refractivity contribution in [3.8, 4) is 0 Å². The molecule has 2 unspecified atom stereocenters. The van der Waals surface area contributed by atoms with Gasteiger partial charge in [-0.15, -0.1) is 12.4 Å². The molecule has 0 spiro atoms. The monoisotopic (exact) mass is 343 g/mol. The largest absolute Gasteiger partial charge is 0.342 e. The highest BCUT2D eigenvalue weighted by atomic mass is 35.5. The second kappa shape index (κ2) is 8.17. The predicted molar refractivity (Wildman–Crippen MR) is 97.0 cm³/mol. The molecule has 0 aromatic carbocycles. The Morgan fingerprint density at radius 3 is 2.57 bits per heavy atom. The smallest absolute Gasteiger partial charge is 0.225 e. The van der Waals surface area contributed by atoms with Crippen molar-refractivity contribution < 1.29 is 4.79 Å². The lowest BCUT2D eigenvalue weighted by Gasteiger charge is -2.39. The Kier molecular flexibility index (Phi) is 6.76. The third-order valence-electron chi connectivity index (χ3n) is 5.97. The highest BCUT2D eigenvalue weighted by Gasteiger charge is 2.34. The van der Waals surface area contributed by atoms with Crippen LogP contribution >= 0.6 is 12.4 Å². The first-order valence-corrected chi connectivity index (χ1v) is 9.28. The summed E-state index contributed by atoms with van der Waals surface area (Å²) in [5, 5.41) is 3.49. The van der Waals surface area contributed by atoms with Gasteiger partial charge in [0.1, 0.15) is 0 Å². The maximum atomic E-state index is 12.7. The lowest BCUT2D eigenvalue weighted by molar-refractivity contribution is -0.138. The molecule has 0 aromatic rings. The first kappa shape index (κ1) is 19.0. The molecule has 3 saturated heterocycles. The van der Waals surface area contributed by atoms with Gasteiger partial charge < -0.3 is 15.1 Å². The summed E-state index contributed by atoms with van der Waals surface area (Å²) < 4.78 is 0. The number of hydrogen-bond acceptors (Lipinski definition) is 3. The number of rotatable bonds is 3. The fourth-order valence-corrected chi connectivity index (χ4v) is 4.53. The van der Waals surface area contributed by atoms with Gasteiger partial charge in [-0.1, -0.05) is 13.8 Å². The number of carbonyl (C=O) groups is 1. The van der Waals surface area contributed by atoms with Crippen LogP contribution in [0.5, 0.6) is 0 Å². The van der Waals surface area contributed by atoms with Crippen LogP contribution < -0.4 is 5.32 Å². The Balaban J connectivity index is 0.00000192. The molecule has 3 fully saturated rings. The van der Waals surface area contributed by atoms with Crippen LogP contribution in [0.2, 0.25) is 0 Å². The van der Waals surface area contributed by atoms with E-state index >= 15 is 0 Å². The summed E-state index contributed by atoms with van der Waals surface area (Å²) in [5.74, 6) is 1.42. The SMILES string of the molecule is CC1CCCN(C(=O)C2CCN(CC3(C)CCNC3)CC2)C1.Cl. The molecule has 5 heteroatoms. The number of halogens is 1. The van der Waals surface area contributed by atoms with Gasteiger partial charge in [-0.25, -0.2) is 0 Å². The van der Waals surface area contributed by atoms with Gasteiger partial charge in [-0.2, -0.15) is 0 Å². The van der Waals surface area contributed by atoms with Crippen molar-refractivity contribution in [3.63, 3.8) is 0 Å². The van der Waals surface area contributed by atoms with Crippen molar-refractivity contribution in [3.05, 3.63) is 0 Å². The summed E-state index contributed by atoms with van der Waals surface area (Å²) in [6.07, 6.45) is 5.89. The van der Waals surface area contributed by atoms with Crippen LogP contribution in [0.15, 0.2) is 0 Å². The zero-order valence-corrected chi connectivity index (χ0v) is 15.7. The lowest BCUT2D eigenvalue weighted by Crippen LogP contribution is -2.47. The van der Waals surface area contributed by atoms with E-state index in [1.165, 1.54) is 32.4 Å². The zero-order chi connectivity index (χ0) is 15.6. The van der Waals surface area contributed by atoms with E-state index in [1.54, 1.807) is 0 Å². The Morgan fingerprint density at radius 2 is 1.96 bits per heavy atom. The van der Waals surface area contributed by atoms with Gasteiger partial charge in [0.15, 0.2) is 0 Å². The minimum atomic E-state index is 0. The van der Waals surface area contributed by atoms with E-state index in [2.05, 4.69) is 29.0 Å². The molecular weight excluding hydrogens is 310 g/mol. The van der Waals surface area contributed by atoms with Crippen LogP contribution in [0.4, 0.5) is 0 Å². The van der Waals surface area contributed by atoms with Crippen molar-refractivity contribution in [2.45, 2.75) is 46.0 Å². The zero-order valence-electron chi connectivity index (χ0n) is 14.9. The molecule has 3 aliphatic rings. The third-order valence-corrected chi connectivity index (χ3v) is 5.97. The quantitative estimate of drug-likeness (QED) is 0.854. The first-order valence-electron chi connectivity index (χ1n) is 9.28. The predicted octanol–water partition coefficient (Wildman–Crippen LogP) is 2.38. The van der Waals surface area contributed by atoms with Crippen LogP contribution in [0, 0.1) is 17.3 Å². The summed E-state index contributed by atoms with van der Waals surface area (Å²) in [6.45, 7) is 12.4. The molecule has 0 bridgehead atoms. The molecule has 1 amide bonds. The lowest BCUT2D eigenvalue weighted by atomic mass is 9.87. The van der Waals surface area contributed by atoms with E-state index < -0.39 is 0 Å². The molecule has 3 aliphatic heterocycles. The van der Waals surface area contributed by atoms with E-state index in [0.29, 0.717) is 17.2 Å². The van der Waals surface area contributed by atoms with E-state index in [4.69, 9.17) is 0 Å². The number of likely N-dealkylation sites (tertiary alicyclic amines) is 2. The van der Waals surface area contributed by atoms with Gasteiger partial charge in [0, 0.05) is 32.1 Å². The summed E-state index contributed by atoms with van der Waals surface area (Å²) >= 11 is 0. The van der Waals surface area contributed by atoms with Crippen LogP contribution in [0.1, 0.15) is 46.0 Å². The highest BCUT2D eigenvalue weighted by molar-refractivity contribution is 5.85. The van der Waals surface area contributed by atoms with Crippen LogP contribution in [0.3, 0.4) is 0 Å². The van der Waals surface area contributed by atoms with E-state index in [1.807, 2.05) is 0 Å². The van der Waals surface area contributed by atoms with E-state index in [0.717, 1.165) is 45.6 Å². The van der Waals surface area contributed by atoms with Gasteiger partial charge >= 0.3 is 0 Å². The van der Waals surface area contributed by atoms with Crippen molar-refractivity contribution in [2.24, 2.45) is 17.3 Å². The third kappa shape index (κ3) is 4.83. The molecule has 134 valence electrons. The average Bonchev–Trinajstić information content (AvgIpc) is 2.93. The Morgan fingerprint density at radius 1 is 1.22 bits per heavy atom. The van der Waals surface area contributed by atoms with Gasteiger partial charge in [-0.05, 0) is 63.1 Å². The van der Waals surface area contributed by atoms with Crippen LogP contribution in [-0.4, -0.2) is 61.5 Å². The van der Waals surface area contributed by atoms with Gasteiger partial charge in [0.05, 0.1) is 0 Å². The highest BCUT2D eigenvalue weighted by Crippen LogP contribution is 2.29. The molecule has 2 atom stereocenters. The van der Waals surface area contributed by atoms with Crippen molar-refractivity contribution >= 4 is 18.3 Å². The summed E-state index contributed by atoms with van der Waals surface area (Å²) in [6, 6.07) is 0.